The molecule has 0 aliphatic carbocycles. The maximum absolute atomic E-state index is 9.59. The highest BCUT2D eigenvalue weighted by Gasteiger charge is 2.16. The molecule has 27 heavy (non-hydrogen) atoms. The van der Waals surface area contributed by atoms with Crippen LogP contribution in [0.1, 0.15) is 25.5 Å². The van der Waals surface area contributed by atoms with Crippen LogP contribution in [-0.4, -0.2) is 19.6 Å². The van der Waals surface area contributed by atoms with E-state index in [0.29, 0.717) is 5.82 Å². The molecule has 4 rings (SSSR count). The maximum Gasteiger partial charge on any atom is 0.146 e. The number of hydrogen-bond donors (Lipinski definition) is 2. The topological polar surface area (TPSA) is 77.0 Å². The monoisotopic (exact) mass is 358 g/mol. The van der Waals surface area contributed by atoms with Gasteiger partial charge in [0.15, 0.2) is 0 Å². The lowest BCUT2D eigenvalue weighted by molar-refractivity contribution is 0.282. The van der Waals surface area contributed by atoms with Crippen LogP contribution in [0.15, 0.2) is 61.1 Å². The van der Waals surface area contributed by atoms with Crippen molar-refractivity contribution in [1.82, 2.24) is 14.5 Å². The summed E-state index contributed by atoms with van der Waals surface area (Å²) in [7, 11) is 0. The summed E-state index contributed by atoms with van der Waals surface area (Å²) in [6.45, 7) is 4.26. The van der Waals surface area contributed by atoms with Crippen LogP contribution in [0.4, 0.5) is 5.82 Å². The van der Waals surface area contributed by atoms with Gasteiger partial charge in [0.05, 0.1) is 12.0 Å². The van der Waals surface area contributed by atoms with Crippen LogP contribution in [0.3, 0.4) is 0 Å². The first-order valence-corrected chi connectivity index (χ1v) is 9.00. The second-order valence-electron chi connectivity index (χ2n) is 6.89. The number of aliphatic hydroxyl groups is 1. The first kappa shape index (κ1) is 17.2. The number of aromatic nitrogens is 3. The molecule has 0 aliphatic rings. The molecule has 0 saturated carbocycles. The number of anilines is 1. The zero-order valence-corrected chi connectivity index (χ0v) is 15.4. The fourth-order valence-corrected chi connectivity index (χ4v) is 3.49. The molecule has 2 aromatic heterocycles. The van der Waals surface area contributed by atoms with Crippen LogP contribution < -0.4 is 5.73 Å². The third kappa shape index (κ3) is 2.96. The van der Waals surface area contributed by atoms with E-state index in [1.54, 1.807) is 0 Å². The molecule has 2 heterocycles. The van der Waals surface area contributed by atoms with E-state index < -0.39 is 0 Å². The van der Waals surface area contributed by atoms with Gasteiger partial charge < -0.3 is 15.4 Å². The smallest absolute Gasteiger partial charge is 0.146 e. The summed E-state index contributed by atoms with van der Waals surface area (Å²) in [5.74, 6) is 0.490. The molecule has 0 amide bonds. The molecule has 5 nitrogen and oxygen atoms in total. The molecule has 0 radical (unpaired) electrons. The number of hydrogen-bond acceptors (Lipinski definition) is 4. The molecule has 3 N–H and O–H groups in total. The molecule has 5 heteroatoms. The minimum Gasteiger partial charge on any atom is -0.392 e. The van der Waals surface area contributed by atoms with Gasteiger partial charge in [0.1, 0.15) is 17.8 Å². The third-order valence-corrected chi connectivity index (χ3v) is 4.89. The molecule has 0 atom stereocenters. The van der Waals surface area contributed by atoms with Gasteiger partial charge in [-0.05, 0) is 36.1 Å². The summed E-state index contributed by atoms with van der Waals surface area (Å²) < 4.78 is 2.12. The average molecular weight is 358 g/mol. The number of fused-ring (bicyclic) bond motifs is 1. The van der Waals surface area contributed by atoms with Crippen molar-refractivity contribution in [1.29, 1.82) is 0 Å². The van der Waals surface area contributed by atoms with Gasteiger partial charge in [-0.1, -0.05) is 48.5 Å². The minimum absolute atomic E-state index is 0.0215. The molecule has 4 aromatic rings. The van der Waals surface area contributed by atoms with E-state index in [1.807, 2.05) is 24.3 Å². The number of rotatable bonds is 4. The minimum atomic E-state index is 0.0215. The molecule has 0 saturated heterocycles. The van der Waals surface area contributed by atoms with Gasteiger partial charge in [-0.25, -0.2) is 9.97 Å². The van der Waals surface area contributed by atoms with Crippen molar-refractivity contribution in [2.24, 2.45) is 0 Å². The van der Waals surface area contributed by atoms with Gasteiger partial charge >= 0.3 is 0 Å². The van der Waals surface area contributed by atoms with Gasteiger partial charge in [-0.3, -0.25) is 0 Å². The Balaban J connectivity index is 1.83. The van der Waals surface area contributed by atoms with E-state index in [0.717, 1.165) is 38.9 Å². The van der Waals surface area contributed by atoms with Crippen LogP contribution in [0, 0.1) is 0 Å². The molecular formula is C22H22N4O. The fourth-order valence-electron chi connectivity index (χ4n) is 3.49. The summed E-state index contributed by atoms with van der Waals surface area (Å²) in [5.41, 5.74) is 12.1. The molecule has 0 aliphatic heterocycles. The Labute approximate surface area is 158 Å². The Morgan fingerprint density at radius 2 is 1.63 bits per heavy atom. The second kappa shape index (κ2) is 6.85. The number of nitrogens with zero attached hydrogens (tertiary/aromatic N) is 3. The molecule has 2 aromatic carbocycles. The van der Waals surface area contributed by atoms with E-state index in [-0.39, 0.29) is 12.6 Å². The van der Waals surface area contributed by atoms with Crippen molar-refractivity contribution in [3.05, 3.63) is 66.6 Å². The Bertz CT molecular complexity index is 1100. The lowest BCUT2D eigenvalue weighted by Gasteiger charge is -2.08. The first-order chi connectivity index (χ1) is 13.1. The summed E-state index contributed by atoms with van der Waals surface area (Å²) in [5, 5.41) is 10.5. The Kier molecular flexibility index (Phi) is 4.38. The fraction of sp³-hybridized carbons (Fsp3) is 0.182. The molecule has 0 fully saturated rings. The van der Waals surface area contributed by atoms with Crippen LogP contribution >= 0.6 is 0 Å². The number of nitrogens with two attached hydrogens (primary N) is 1. The normalized spacial score (nSPS) is 11.4. The molecule has 0 unspecified atom stereocenters. The van der Waals surface area contributed by atoms with Gasteiger partial charge in [-0.15, -0.1) is 0 Å². The quantitative estimate of drug-likeness (QED) is 0.566. The zero-order valence-electron chi connectivity index (χ0n) is 15.4. The third-order valence-electron chi connectivity index (χ3n) is 4.89. The highest BCUT2D eigenvalue weighted by atomic mass is 16.3. The standard InChI is InChI=1S/C22H22N4O/c1-14(2)26-11-19(20-21(23)24-13-25-22(20)26)16-9-7-15(8-10-16)18-6-4-3-5-17(18)12-27/h3-11,13-14,27H,12H2,1-2H3,(H2,23,24,25). The predicted octanol–water partition coefficient (Wildman–Crippen LogP) is 4.42. The molecular weight excluding hydrogens is 336 g/mol. The Morgan fingerprint density at radius 3 is 2.30 bits per heavy atom. The van der Waals surface area contributed by atoms with Crippen LogP contribution in [0.5, 0.6) is 0 Å². The van der Waals surface area contributed by atoms with Crippen LogP contribution in [-0.2, 0) is 6.61 Å². The zero-order chi connectivity index (χ0) is 19.0. The van der Waals surface area contributed by atoms with Crippen LogP contribution in [0.2, 0.25) is 0 Å². The largest absolute Gasteiger partial charge is 0.392 e. The van der Waals surface area contributed by atoms with Gasteiger partial charge in [0, 0.05) is 17.8 Å². The maximum atomic E-state index is 9.59. The number of nitrogen functional groups attached to an aromatic ring is 1. The SMILES string of the molecule is CC(C)n1cc(-c2ccc(-c3ccccc3CO)cc2)c2c(N)ncnc21. The Hall–Kier alpha value is -3.18. The van der Waals surface area contributed by atoms with Gasteiger partial charge in [0.25, 0.3) is 0 Å². The molecule has 0 bridgehead atoms. The van der Waals surface area contributed by atoms with E-state index in [1.165, 1.54) is 6.33 Å². The number of benzene rings is 2. The molecule has 136 valence electrons. The lowest BCUT2D eigenvalue weighted by Crippen LogP contribution is -2.00. The summed E-state index contributed by atoms with van der Waals surface area (Å²) in [4.78, 5) is 8.62. The van der Waals surface area contributed by atoms with Crippen molar-refractivity contribution in [2.75, 3.05) is 5.73 Å². The van der Waals surface area contributed by atoms with Crippen molar-refractivity contribution in [3.63, 3.8) is 0 Å². The van der Waals surface area contributed by atoms with Crippen molar-refractivity contribution in [3.8, 4) is 22.3 Å². The van der Waals surface area contributed by atoms with E-state index in [9.17, 15) is 5.11 Å². The van der Waals surface area contributed by atoms with Crippen molar-refractivity contribution >= 4 is 16.9 Å². The van der Waals surface area contributed by atoms with Crippen LogP contribution in [0.25, 0.3) is 33.3 Å². The van der Waals surface area contributed by atoms with Crippen molar-refractivity contribution in [2.45, 2.75) is 26.5 Å². The van der Waals surface area contributed by atoms with Gasteiger partial charge in [0.2, 0.25) is 0 Å². The van der Waals surface area contributed by atoms with Gasteiger partial charge in [-0.2, -0.15) is 0 Å². The van der Waals surface area contributed by atoms with E-state index in [4.69, 9.17) is 5.73 Å². The second-order valence-corrected chi connectivity index (χ2v) is 6.89. The van der Waals surface area contributed by atoms with E-state index in [2.05, 4.69) is 58.8 Å². The highest BCUT2D eigenvalue weighted by Crippen LogP contribution is 2.35. The summed E-state index contributed by atoms with van der Waals surface area (Å²) in [6.07, 6.45) is 3.60. The predicted molar refractivity (Wildman–Crippen MR) is 109 cm³/mol. The number of aliphatic hydroxyl groups excluding tert-OH is 1. The summed E-state index contributed by atoms with van der Waals surface area (Å²) >= 11 is 0. The first-order valence-electron chi connectivity index (χ1n) is 9.00. The average Bonchev–Trinajstić information content (AvgIpc) is 3.09. The summed E-state index contributed by atoms with van der Waals surface area (Å²) in [6, 6.07) is 16.5. The lowest BCUT2D eigenvalue weighted by atomic mass is 9.97. The molecule has 0 spiro atoms. The Morgan fingerprint density at radius 1 is 0.963 bits per heavy atom. The van der Waals surface area contributed by atoms with Crippen molar-refractivity contribution < 1.29 is 5.11 Å². The van der Waals surface area contributed by atoms with E-state index >= 15 is 0 Å². The highest BCUT2D eigenvalue weighted by molar-refractivity contribution is 6.00.